The van der Waals surface area contributed by atoms with Crippen LogP contribution >= 0.6 is 11.8 Å². The molecule has 1 N–H and O–H groups in total. The van der Waals surface area contributed by atoms with E-state index in [0.29, 0.717) is 11.3 Å². The van der Waals surface area contributed by atoms with Crippen molar-refractivity contribution in [2.45, 2.75) is 13.8 Å². The van der Waals surface area contributed by atoms with Crippen molar-refractivity contribution >= 4 is 22.8 Å². The van der Waals surface area contributed by atoms with Gasteiger partial charge in [0.2, 0.25) is 0 Å². The van der Waals surface area contributed by atoms with Crippen LogP contribution in [0, 0.1) is 18.8 Å². The smallest absolute Gasteiger partial charge is 0.355 e. The zero-order valence-corrected chi connectivity index (χ0v) is 10.3. The van der Waals surface area contributed by atoms with Crippen molar-refractivity contribution in [3.63, 3.8) is 0 Å². The molecule has 0 aromatic carbocycles. The quantitative estimate of drug-likeness (QED) is 0.808. The Morgan fingerprint density at radius 1 is 1.53 bits per heavy atom. The lowest BCUT2D eigenvalue weighted by Gasteiger charge is -1.99. The number of nitrogens with zero attached hydrogens (tertiary/aromatic N) is 1. The maximum absolute atomic E-state index is 10.9. The Balaban J connectivity index is 2.92. The fraction of sp³-hybridized carbons (Fsp3) is 0.250. The topological polar surface area (TPSA) is 67.3 Å². The average molecular weight is 249 g/mol. The summed E-state index contributed by atoms with van der Waals surface area (Å²) in [7, 11) is 0. The second-order valence-corrected chi connectivity index (χ2v) is 4.45. The number of carbonyl (C=O) groups excluding carboxylic acids is 1. The fourth-order valence-corrected chi connectivity index (χ4v) is 1.45. The number of aromatic carboxylic acids is 1. The van der Waals surface area contributed by atoms with Crippen molar-refractivity contribution in [2.24, 2.45) is 0 Å². The average Bonchev–Trinajstić information content (AvgIpc) is 2.23. The molecule has 0 bridgehead atoms. The van der Waals surface area contributed by atoms with E-state index >= 15 is 0 Å². The number of carboxylic acid groups (broad SMARTS) is 1. The van der Waals surface area contributed by atoms with Gasteiger partial charge in [-0.15, -0.1) is 0 Å². The van der Waals surface area contributed by atoms with Gasteiger partial charge >= 0.3 is 5.97 Å². The molecule has 0 saturated heterocycles. The number of hydrogen-bond acceptors (Lipinski definition) is 4. The van der Waals surface area contributed by atoms with E-state index in [-0.39, 0.29) is 10.8 Å². The van der Waals surface area contributed by atoms with Crippen LogP contribution in [-0.2, 0) is 4.79 Å². The molecule has 0 saturated carbocycles. The first-order valence-corrected chi connectivity index (χ1v) is 5.81. The van der Waals surface area contributed by atoms with E-state index in [4.69, 9.17) is 5.11 Å². The number of thioether (sulfide) groups is 1. The largest absolute Gasteiger partial charge is 0.476 e. The number of carbonyl (C=O) groups is 2. The zero-order valence-electron chi connectivity index (χ0n) is 9.48. The molecule has 4 nitrogen and oxygen atoms in total. The Bertz CT molecular complexity index is 514. The molecule has 0 fully saturated rings. The van der Waals surface area contributed by atoms with Gasteiger partial charge in [-0.25, -0.2) is 9.78 Å². The molecule has 1 aromatic rings. The van der Waals surface area contributed by atoms with Gasteiger partial charge in [0, 0.05) is 13.1 Å². The summed E-state index contributed by atoms with van der Waals surface area (Å²) < 4.78 is 0. The maximum atomic E-state index is 10.9. The molecule has 0 unspecified atom stereocenters. The molecule has 1 heterocycles. The molecule has 0 amide bonds. The molecule has 0 aliphatic carbocycles. The second-order valence-electron chi connectivity index (χ2n) is 3.30. The van der Waals surface area contributed by atoms with E-state index in [0.717, 1.165) is 17.3 Å². The molecule has 1 aromatic heterocycles. The van der Waals surface area contributed by atoms with Crippen molar-refractivity contribution < 1.29 is 14.7 Å². The third-order valence-electron chi connectivity index (χ3n) is 1.80. The summed E-state index contributed by atoms with van der Waals surface area (Å²) in [5.74, 6) is 4.72. The third-order valence-corrected chi connectivity index (χ3v) is 2.49. The van der Waals surface area contributed by atoms with Gasteiger partial charge in [-0.3, -0.25) is 4.79 Å². The summed E-state index contributed by atoms with van der Waals surface area (Å²) in [4.78, 5) is 25.4. The molecule has 17 heavy (non-hydrogen) atoms. The molecule has 1 rings (SSSR count). The Morgan fingerprint density at radius 2 is 2.24 bits per heavy atom. The van der Waals surface area contributed by atoms with Crippen LogP contribution in [0.3, 0.4) is 0 Å². The number of aromatic nitrogens is 1. The SMILES string of the molecule is CC(=O)SCC#Cc1cc(C)cnc1C(=O)O. The highest BCUT2D eigenvalue weighted by atomic mass is 32.2. The van der Waals surface area contributed by atoms with Gasteiger partial charge in [-0.2, -0.15) is 0 Å². The van der Waals surface area contributed by atoms with Crippen molar-refractivity contribution in [1.82, 2.24) is 4.98 Å². The first-order valence-electron chi connectivity index (χ1n) is 4.83. The molecule has 0 spiro atoms. The van der Waals surface area contributed by atoms with Gasteiger partial charge in [0.1, 0.15) is 0 Å². The van der Waals surface area contributed by atoms with Gasteiger partial charge in [0.25, 0.3) is 0 Å². The lowest BCUT2D eigenvalue weighted by Crippen LogP contribution is -2.04. The standard InChI is InChI=1S/C12H11NO3S/c1-8-6-10(4-3-5-17-9(2)14)11(12(15)16)13-7-8/h6-7H,5H2,1-2H3,(H,15,16). The van der Waals surface area contributed by atoms with Crippen LogP contribution in [0.25, 0.3) is 0 Å². The van der Waals surface area contributed by atoms with E-state index in [1.54, 1.807) is 6.07 Å². The number of aryl methyl sites for hydroxylation is 1. The number of rotatable bonds is 2. The van der Waals surface area contributed by atoms with Gasteiger partial charge in [-0.05, 0) is 18.6 Å². The monoisotopic (exact) mass is 249 g/mol. The summed E-state index contributed by atoms with van der Waals surface area (Å²) in [5, 5.41) is 8.90. The molecule has 5 heteroatoms. The minimum Gasteiger partial charge on any atom is -0.476 e. The van der Waals surface area contributed by atoms with Crippen LogP contribution in [0.15, 0.2) is 12.3 Å². The van der Waals surface area contributed by atoms with Crippen LogP contribution in [0.5, 0.6) is 0 Å². The maximum Gasteiger partial charge on any atom is 0.355 e. The van der Waals surface area contributed by atoms with Crippen LogP contribution < -0.4 is 0 Å². The highest BCUT2D eigenvalue weighted by molar-refractivity contribution is 8.13. The predicted octanol–water partition coefficient (Wildman–Crippen LogP) is 1.72. The van der Waals surface area contributed by atoms with Crippen molar-refractivity contribution in [3.05, 3.63) is 29.1 Å². The minimum absolute atomic E-state index is 0.0138. The van der Waals surface area contributed by atoms with Gasteiger partial charge in [0.15, 0.2) is 10.8 Å². The highest BCUT2D eigenvalue weighted by Gasteiger charge is 2.09. The summed E-state index contributed by atoms with van der Waals surface area (Å²) >= 11 is 1.09. The Labute approximate surface area is 103 Å². The zero-order chi connectivity index (χ0) is 12.8. The molecular weight excluding hydrogens is 238 g/mol. The first kappa shape index (κ1) is 13.3. The van der Waals surface area contributed by atoms with Crippen LogP contribution in [0.4, 0.5) is 0 Å². The number of pyridine rings is 1. The van der Waals surface area contributed by atoms with Crippen molar-refractivity contribution in [2.75, 3.05) is 5.75 Å². The van der Waals surface area contributed by atoms with Crippen LogP contribution in [0.1, 0.15) is 28.5 Å². The van der Waals surface area contributed by atoms with Crippen LogP contribution in [0.2, 0.25) is 0 Å². The molecule has 88 valence electrons. The summed E-state index contributed by atoms with van der Waals surface area (Å²) in [6.07, 6.45) is 1.49. The lowest BCUT2D eigenvalue weighted by molar-refractivity contribution is -0.109. The van der Waals surface area contributed by atoms with E-state index in [1.165, 1.54) is 13.1 Å². The fourth-order valence-electron chi connectivity index (χ4n) is 1.10. The highest BCUT2D eigenvalue weighted by Crippen LogP contribution is 2.07. The second kappa shape index (κ2) is 6.06. The van der Waals surface area contributed by atoms with E-state index in [2.05, 4.69) is 16.8 Å². The Hall–Kier alpha value is -1.80. The third kappa shape index (κ3) is 4.29. The van der Waals surface area contributed by atoms with E-state index in [1.807, 2.05) is 6.92 Å². The van der Waals surface area contributed by atoms with E-state index in [9.17, 15) is 9.59 Å². The number of hydrogen-bond donors (Lipinski definition) is 1. The van der Waals surface area contributed by atoms with Crippen molar-refractivity contribution in [3.8, 4) is 11.8 Å². The van der Waals surface area contributed by atoms with Crippen molar-refractivity contribution in [1.29, 1.82) is 0 Å². The molecule has 0 radical (unpaired) electrons. The Morgan fingerprint density at radius 3 is 2.82 bits per heavy atom. The minimum atomic E-state index is -1.10. The molecule has 0 aliphatic heterocycles. The van der Waals surface area contributed by atoms with Crippen LogP contribution in [-0.4, -0.2) is 26.9 Å². The molecule has 0 aliphatic rings. The first-order chi connectivity index (χ1) is 8.00. The van der Waals surface area contributed by atoms with Gasteiger partial charge < -0.3 is 5.11 Å². The summed E-state index contributed by atoms with van der Waals surface area (Å²) in [5.41, 5.74) is 1.16. The molecular formula is C12H11NO3S. The van der Waals surface area contributed by atoms with E-state index < -0.39 is 5.97 Å². The number of carboxylic acids is 1. The lowest BCUT2D eigenvalue weighted by atomic mass is 10.1. The van der Waals surface area contributed by atoms with Gasteiger partial charge in [-0.1, -0.05) is 23.6 Å². The predicted molar refractivity (Wildman–Crippen MR) is 66.0 cm³/mol. The summed E-state index contributed by atoms with van der Waals surface area (Å²) in [6.45, 7) is 3.28. The normalized spacial score (nSPS) is 9.29. The Kier molecular flexibility index (Phi) is 4.73. The van der Waals surface area contributed by atoms with Gasteiger partial charge in [0.05, 0.1) is 11.3 Å². The summed E-state index contributed by atoms with van der Waals surface area (Å²) in [6, 6.07) is 1.67. The molecule has 0 atom stereocenters.